The second-order valence-corrected chi connectivity index (χ2v) is 8.44. The van der Waals surface area contributed by atoms with Crippen LogP contribution in [-0.2, 0) is 11.3 Å². The number of carbonyl (C=O) groups excluding carboxylic acids is 1. The largest absolute Gasteiger partial charge is 0.493 e. The summed E-state index contributed by atoms with van der Waals surface area (Å²) in [6.07, 6.45) is 0.457. The fraction of sp³-hybridized carbons (Fsp3) is 0.524. The number of anilines is 1. The molecule has 1 amide bonds. The quantitative estimate of drug-likeness (QED) is 0.736. The summed E-state index contributed by atoms with van der Waals surface area (Å²) in [6.45, 7) is 10.6. The van der Waals surface area contributed by atoms with Crippen molar-refractivity contribution in [2.75, 3.05) is 25.5 Å². The number of morpholine rings is 1. The molecule has 0 radical (unpaired) electrons. The number of carbonyl (C=O) groups is 1. The van der Waals surface area contributed by atoms with Crippen LogP contribution >= 0.6 is 11.3 Å². The first-order valence-electron chi connectivity index (χ1n) is 9.82. The smallest absolute Gasteiger partial charge is 0.257 e. The van der Waals surface area contributed by atoms with Crippen LogP contribution in [0.25, 0.3) is 0 Å². The summed E-state index contributed by atoms with van der Waals surface area (Å²) in [4.78, 5) is 19.5. The van der Waals surface area contributed by atoms with E-state index in [2.05, 4.69) is 29.0 Å². The summed E-state index contributed by atoms with van der Waals surface area (Å²) >= 11 is 1.43. The van der Waals surface area contributed by atoms with Crippen LogP contribution in [0.5, 0.6) is 11.5 Å². The van der Waals surface area contributed by atoms with Crippen molar-refractivity contribution in [3.05, 3.63) is 34.8 Å². The van der Waals surface area contributed by atoms with Gasteiger partial charge in [0.15, 0.2) is 16.6 Å². The number of nitrogens with zero attached hydrogens (tertiary/aromatic N) is 2. The van der Waals surface area contributed by atoms with Crippen LogP contribution in [0.3, 0.4) is 0 Å². The Morgan fingerprint density at radius 2 is 2.03 bits per heavy atom. The van der Waals surface area contributed by atoms with E-state index in [1.165, 1.54) is 11.3 Å². The van der Waals surface area contributed by atoms with Crippen molar-refractivity contribution in [3.8, 4) is 11.5 Å². The maximum absolute atomic E-state index is 12.6. The van der Waals surface area contributed by atoms with Gasteiger partial charge in [0.2, 0.25) is 0 Å². The number of ether oxygens (including phenoxy) is 3. The summed E-state index contributed by atoms with van der Waals surface area (Å²) in [5.41, 5.74) is 1.44. The highest BCUT2D eigenvalue weighted by Gasteiger charge is 2.23. The van der Waals surface area contributed by atoms with Crippen molar-refractivity contribution in [2.24, 2.45) is 0 Å². The number of benzene rings is 1. The van der Waals surface area contributed by atoms with Gasteiger partial charge in [-0.2, -0.15) is 0 Å². The molecule has 2 atom stereocenters. The Bertz CT molecular complexity index is 829. The predicted molar refractivity (Wildman–Crippen MR) is 114 cm³/mol. The molecule has 1 saturated heterocycles. The van der Waals surface area contributed by atoms with E-state index in [4.69, 9.17) is 14.2 Å². The molecule has 0 unspecified atom stereocenters. The van der Waals surface area contributed by atoms with Crippen molar-refractivity contribution >= 4 is 22.4 Å². The van der Waals surface area contributed by atoms with Gasteiger partial charge in [-0.25, -0.2) is 4.98 Å². The highest BCUT2D eigenvalue weighted by Crippen LogP contribution is 2.29. The van der Waals surface area contributed by atoms with E-state index in [9.17, 15) is 4.79 Å². The maximum Gasteiger partial charge on any atom is 0.257 e. The summed E-state index contributed by atoms with van der Waals surface area (Å²) in [5, 5.41) is 5.44. The molecule has 1 aliphatic heterocycles. The molecule has 1 aromatic carbocycles. The minimum Gasteiger partial charge on any atom is -0.493 e. The average molecular weight is 420 g/mol. The normalized spacial score (nSPS) is 19.9. The SMILES string of the molecule is COc1cc(C(=O)Nc2nc(CN3C[C@H](C)O[C@@H](C)C3)cs2)ccc1OC(C)C. The minimum absolute atomic E-state index is 0.0229. The van der Waals surface area contributed by atoms with Gasteiger partial charge in [-0.15, -0.1) is 11.3 Å². The van der Waals surface area contributed by atoms with E-state index in [0.29, 0.717) is 22.2 Å². The van der Waals surface area contributed by atoms with Crippen molar-refractivity contribution in [3.63, 3.8) is 0 Å². The van der Waals surface area contributed by atoms with Crippen LogP contribution in [0.2, 0.25) is 0 Å². The number of hydrogen-bond acceptors (Lipinski definition) is 7. The Hall–Kier alpha value is -2.16. The van der Waals surface area contributed by atoms with E-state index in [1.807, 2.05) is 19.2 Å². The molecule has 1 aromatic heterocycles. The Balaban J connectivity index is 1.62. The second kappa shape index (κ2) is 9.56. The van der Waals surface area contributed by atoms with Crippen molar-refractivity contribution in [2.45, 2.75) is 52.6 Å². The molecule has 0 bridgehead atoms. The first-order valence-corrected chi connectivity index (χ1v) is 10.7. The Labute approximate surface area is 176 Å². The van der Waals surface area contributed by atoms with Gasteiger partial charge >= 0.3 is 0 Å². The third kappa shape index (κ3) is 5.91. The molecule has 2 aromatic rings. The fourth-order valence-electron chi connectivity index (χ4n) is 3.41. The van der Waals surface area contributed by atoms with Crippen LogP contribution in [0.1, 0.15) is 43.7 Å². The van der Waals surface area contributed by atoms with Gasteiger partial charge < -0.3 is 14.2 Å². The number of thiazole rings is 1. The summed E-state index contributed by atoms with van der Waals surface area (Å²) in [5.74, 6) is 0.917. The molecule has 1 aliphatic rings. The van der Waals surface area contributed by atoms with Gasteiger partial charge in [-0.3, -0.25) is 15.0 Å². The van der Waals surface area contributed by atoms with Gasteiger partial charge in [-0.05, 0) is 45.9 Å². The lowest BCUT2D eigenvalue weighted by Crippen LogP contribution is -2.44. The summed E-state index contributed by atoms with van der Waals surface area (Å²) < 4.78 is 16.8. The predicted octanol–water partition coefficient (Wildman–Crippen LogP) is 3.80. The third-order valence-electron chi connectivity index (χ3n) is 4.44. The standard InChI is InChI=1S/C21H29N3O4S/c1-13(2)27-18-7-6-16(8-19(18)26-5)20(25)23-21-22-17(12-29-21)11-24-9-14(3)28-15(4)10-24/h6-8,12-15H,9-11H2,1-5H3,(H,22,23,25)/t14-,15-/m0/s1. The Morgan fingerprint density at radius 1 is 1.31 bits per heavy atom. The number of hydrogen-bond donors (Lipinski definition) is 1. The topological polar surface area (TPSA) is 72.9 Å². The van der Waals surface area contributed by atoms with Crippen LogP contribution in [0.15, 0.2) is 23.6 Å². The lowest BCUT2D eigenvalue weighted by atomic mass is 10.2. The van der Waals surface area contributed by atoms with Gasteiger partial charge in [0.25, 0.3) is 5.91 Å². The van der Waals surface area contributed by atoms with E-state index < -0.39 is 0 Å². The fourth-order valence-corrected chi connectivity index (χ4v) is 4.11. The zero-order chi connectivity index (χ0) is 21.0. The Morgan fingerprint density at radius 3 is 2.69 bits per heavy atom. The first-order chi connectivity index (χ1) is 13.8. The van der Waals surface area contributed by atoms with Gasteiger partial charge in [0, 0.05) is 30.6 Å². The van der Waals surface area contributed by atoms with E-state index in [0.717, 1.165) is 25.3 Å². The van der Waals surface area contributed by atoms with Crippen LogP contribution in [0, 0.1) is 0 Å². The summed E-state index contributed by atoms with van der Waals surface area (Å²) in [6, 6.07) is 5.15. The molecule has 7 nitrogen and oxygen atoms in total. The monoisotopic (exact) mass is 419 g/mol. The van der Waals surface area contributed by atoms with E-state index in [1.54, 1.807) is 25.3 Å². The van der Waals surface area contributed by atoms with Crippen LogP contribution in [0.4, 0.5) is 5.13 Å². The maximum atomic E-state index is 12.6. The number of rotatable bonds is 7. The van der Waals surface area contributed by atoms with Crippen molar-refractivity contribution in [1.29, 1.82) is 0 Å². The minimum atomic E-state index is -0.228. The molecule has 1 fully saturated rings. The molecule has 1 N–H and O–H groups in total. The van der Waals surface area contributed by atoms with Crippen molar-refractivity contribution in [1.82, 2.24) is 9.88 Å². The summed E-state index contributed by atoms with van der Waals surface area (Å²) in [7, 11) is 1.56. The average Bonchev–Trinajstić information content (AvgIpc) is 3.07. The zero-order valence-corrected chi connectivity index (χ0v) is 18.4. The van der Waals surface area contributed by atoms with E-state index >= 15 is 0 Å². The van der Waals surface area contributed by atoms with Gasteiger partial charge in [0.05, 0.1) is 31.1 Å². The van der Waals surface area contributed by atoms with Gasteiger partial charge in [-0.1, -0.05) is 0 Å². The molecule has 2 heterocycles. The second-order valence-electron chi connectivity index (χ2n) is 7.58. The number of aromatic nitrogens is 1. The number of methoxy groups -OCH3 is 1. The molecule has 29 heavy (non-hydrogen) atoms. The zero-order valence-electron chi connectivity index (χ0n) is 17.6. The number of nitrogens with one attached hydrogen (secondary N) is 1. The lowest BCUT2D eigenvalue weighted by molar-refractivity contribution is -0.0707. The van der Waals surface area contributed by atoms with Crippen LogP contribution in [-0.4, -0.2) is 54.3 Å². The molecule has 0 aliphatic carbocycles. The first kappa shape index (κ1) is 21.5. The highest BCUT2D eigenvalue weighted by molar-refractivity contribution is 7.13. The molecule has 0 saturated carbocycles. The van der Waals surface area contributed by atoms with Crippen molar-refractivity contribution < 1.29 is 19.0 Å². The molecular weight excluding hydrogens is 390 g/mol. The third-order valence-corrected chi connectivity index (χ3v) is 5.25. The highest BCUT2D eigenvalue weighted by atomic mass is 32.1. The number of amides is 1. The van der Waals surface area contributed by atoms with Crippen LogP contribution < -0.4 is 14.8 Å². The molecule has 0 spiro atoms. The van der Waals surface area contributed by atoms with Gasteiger partial charge in [0.1, 0.15) is 0 Å². The Kier molecular flexibility index (Phi) is 7.10. The molecule has 8 heteroatoms. The molecule has 3 rings (SSSR count). The molecular formula is C21H29N3O4S. The lowest BCUT2D eigenvalue weighted by Gasteiger charge is -2.34. The van der Waals surface area contributed by atoms with E-state index in [-0.39, 0.29) is 24.2 Å². The molecule has 158 valence electrons.